The van der Waals surface area contributed by atoms with Gasteiger partial charge in [-0.15, -0.1) is 0 Å². The molecule has 1 aliphatic heterocycles. The topological polar surface area (TPSA) is 33.2 Å². The lowest BCUT2D eigenvalue weighted by Crippen LogP contribution is -2.40. The van der Waals surface area contributed by atoms with E-state index >= 15 is 0 Å². The van der Waals surface area contributed by atoms with Gasteiger partial charge < -0.3 is 4.90 Å². The second-order valence-corrected chi connectivity index (χ2v) is 6.24. The molecule has 2 heterocycles. The molecule has 2 aromatic rings. The van der Waals surface area contributed by atoms with E-state index in [0.29, 0.717) is 24.9 Å². The number of rotatable bonds is 4. The summed E-state index contributed by atoms with van der Waals surface area (Å²) >= 11 is 0. The van der Waals surface area contributed by atoms with E-state index in [1.54, 1.807) is 24.5 Å². The Hall–Kier alpha value is -2.30. The van der Waals surface area contributed by atoms with Gasteiger partial charge in [-0.25, -0.2) is 8.78 Å². The molecular weight excluding hydrogens is 310 g/mol. The van der Waals surface area contributed by atoms with Crippen LogP contribution in [0.1, 0.15) is 35.2 Å². The summed E-state index contributed by atoms with van der Waals surface area (Å²) in [7, 11) is 0. The summed E-state index contributed by atoms with van der Waals surface area (Å²) in [5.74, 6) is -0.744. The summed E-state index contributed by atoms with van der Waals surface area (Å²) in [5.41, 5.74) is 0.728. The lowest BCUT2D eigenvalue weighted by molar-refractivity contribution is 0.0667. The summed E-state index contributed by atoms with van der Waals surface area (Å²) in [6, 6.07) is 7.46. The molecule has 126 valence electrons. The van der Waals surface area contributed by atoms with Gasteiger partial charge in [0, 0.05) is 31.0 Å². The Morgan fingerprint density at radius 1 is 1.21 bits per heavy atom. The second kappa shape index (κ2) is 7.51. The molecule has 5 heteroatoms. The molecule has 0 bridgehead atoms. The van der Waals surface area contributed by atoms with Crippen LogP contribution < -0.4 is 0 Å². The lowest BCUT2D eigenvalue weighted by atomic mass is 9.91. The molecule has 0 spiro atoms. The number of piperidine rings is 1. The normalized spacial score (nSPS) is 17.8. The molecule has 0 N–H and O–H groups in total. The van der Waals surface area contributed by atoms with E-state index in [0.717, 1.165) is 19.4 Å². The number of pyridine rings is 1. The van der Waals surface area contributed by atoms with Crippen molar-refractivity contribution < 1.29 is 13.6 Å². The van der Waals surface area contributed by atoms with E-state index < -0.39 is 11.6 Å². The Balaban J connectivity index is 1.61. The van der Waals surface area contributed by atoms with Gasteiger partial charge in [0.15, 0.2) is 0 Å². The average molecular weight is 330 g/mol. The number of nitrogens with zero attached hydrogens (tertiary/aromatic N) is 2. The van der Waals surface area contributed by atoms with Crippen LogP contribution in [-0.4, -0.2) is 28.9 Å². The van der Waals surface area contributed by atoms with Crippen molar-refractivity contribution in [2.45, 2.75) is 25.7 Å². The molecule has 1 saturated heterocycles. The minimum atomic E-state index is -0.492. The van der Waals surface area contributed by atoms with E-state index in [1.807, 2.05) is 4.90 Å². The third-order valence-corrected chi connectivity index (χ3v) is 4.58. The van der Waals surface area contributed by atoms with Crippen LogP contribution in [0.15, 0.2) is 42.7 Å². The minimum Gasteiger partial charge on any atom is -0.338 e. The predicted octanol–water partition coefficient (Wildman–Crippen LogP) is 3.84. The van der Waals surface area contributed by atoms with Crippen molar-refractivity contribution in [3.05, 3.63) is 65.5 Å². The molecule has 1 fully saturated rings. The third kappa shape index (κ3) is 3.78. The largest absolute Gasteiger partial charge is 0.338 e. The summed E-state index contributed by atoms with van der Waals surface area (Å²) in [6.07, 6.45) is 6.13. The first-order valence-corrected chi connectivity index (χ1v) is 8.27. The van der Waals surface area contributed by atoms with Gasteiger partial charge in [0.25, 0.3) is 5.91 Å². The van der Waals surface area contributed by atoms with Crippen molar-refractivity contribution in [1.29, 1.82) is 0 Å². The fourth-order valence-corrected chi connectivity index (χ4v) is 3.28. The van der Waals surface area contributed by atoms with Gasteiger partial charge in [-0.1, -0.05) is 6.07 Å². The zero-order chi connectivity index (χ0) is 16.9. The number of likely N-dealkylation sites (tertiary alicyclic amines) is 1. The summed E-state index contributed by atoms with van der Waals surface area (Å²) < 4.78 is 27.4. The van der Waals surface area contributed by atoms with Crippen molar-refractivity contribution in [2.24, 2.45) is 5.92 Å². The highest BCUT2D eigenvalue weighted by Crippen LogP contribution is 2.24. The van der Waals surface area contributed by atoms with Crippen LogP contribution in [0.5, 0.6) is 0 Å². The summed E-state index contributed by atoms with van der Waals surface area (Å²) in [5, 5.41) is 0. The molecular formula is C19H20F2N2O. The number of hydrogen-bond donors (Lipinski definition) is 0. The first kappa shape index (κ1) is 16.6. The highest BCUT2D eigenvalue weighted by molar-refractivity contribution is 5.93. The zero-order valence-electron chi connectivity index (χ0n) is 13.4. The van der Waals surface area contributed by atoms with Gasteiger partial charge in [-0.2, -0.15) is 0 Å². The predicted molar refractivity (Wildman–Crippen MR) is 87.5 cm³/mol. The van der Waals surface area contributed by atoms with Crippen molar-refractivity contribution >= 4 is 5.91 Å². The van der Waals surface area contributed by atoms with Crippen LogP contribution in [0.3, 0.4) is 0 Å². The maximum atomic E-state index is 13.7. The summed E-state index contributed by atoms with van der Waals surface area (Å²) in [4.78, 5) is 18.3. The first-order chi connectivity index (χ1) is 11.6. The van der Waals surface area contributed by atoms with Crippen molar-refractivity contribution in [2.75, 3.05) is 13.1 Å². The number of carbonyl (C=O) groups is 1. The maximum absolute atomic E-state index is 13.7. The fourth-order valence-electron chi connectivity index (χ4n) is 3.28. The Bertz CT molecular complexity index is 686. The molecule has 1 aliphatic rings. The molecule has 0 unspecified atom stereocenters. The van der Waals surface area contributed by atoms with Gasteiger partial charge in [-0.05, 0) is 55.9 Å². The lowest BCUT2D eigenvalue weighted by Gasteiger charge is -2.33. The van der Waals surface area contributed by atoms with Crippen molar-refractivity contribution in [3.63, 3.8) is 0 Å². The molecule has 3 rings (SSSR count). The Morgan fingerprint density at radius 3 is 2.71 bits per heavy atom. The van der Waals surface area contributed by atoms with E-state index in [-0.39, 0.29) is 17.4 Å². The molecule has 3 nitrogen and oxygen atoms in total. The third-order valence-electron chi connectivity index (χ3n) is 4.58. The van der Waals surface area contributed by atoms with Gasteiger partial charge in [0.1, 0.15) is 11.6 Å². The molecule has 0 radical (unpaired) electrons. The van der Waals surface area contributed by atoms with E-state index in [2.05, 4.69) is 4.98 Å². The minimum absolute atomic E-state index is 0.0233. The average Bonchev–Trinajstić information content (AvgIpc) is 2.62. The number of benzene rings is 1. The number of carbonyl (C=O) groups excluding carboxylic acids is 1. The Kier molecular flexibility index (Phi) is 5.18. The highest BCUT2D eigenvalue weighted by atomic mass is 19.1. The SMILES string of the molecule is O=C(c1cccnc1)N1CCC[C@H](CCc2c(F)cccc2F)C1. The van der Waals surface area contributed by atoms with Gasteiger partial charge >= 0.3 is 0 Å². The summed E-state index contributed by atoms with van der Waals surface area (Å²) in [6.45, 7) is 1.35. The van der Waals surface area contributed by atoms with Crippen molar-refractivity contribution in [1.82, 2.24) is 9.88 Å². The maximum Gasteiger partial charge on any atom is 0.255 e. The van der Waals surface area contributed by atoms with Crippen LogP contribution in [0.25, 0.3) is 0 Å². The molecule has 1 amide bonds. The standard InChI is InChI=1S/C19H20F2N2O/c20-17-6-1-7-18(21)16(17)9-8-14-4-3-11-23(13-14)19(24)15-5-2-10-22-12-15/h1-2,5-7,10,12,14H,3-4,8-9,11,13H2/t14-/m1/s1. The fraction of sp³-hybridized carbons (Fsp3) is 0.368. The molecule has 0 aliphatic carbocycles. The van der Waals surface area contributed by atoms with E-state index in [9.17, 15) is 13.6 Å². The van der Waals surface area contributed by atoms with Crippen LogP contribution in [-0.2, 0) is 6.42 Å². The molecule has 24 heavy (non-hydrogen) atoms. The first-order valence-electron chi connectivity index (χ1n) is 8.27. The van der Waals surface area contributed by atoms with E-state index in [4.69, 9.17) is 0 Å². The number of halogens is 2. The smallest absolute Gasteiger partial charge is 0.255 e. The van der Waals surface area contributed by atoms with Gasteiger partial charge in [-0.3, -0.25) is 9.78 Å². The molecule has 1 aromatic heterocycles. The highest BCUT2D eigenvalue weighted by Gasteiger charge is 2.25. The van der Waals surface area contributed by atoms with Gasteiger partial charge in [0.2, 0.25) is 0 Å². The number of amides is 1. The molecule has 1 atom stereocenters. The number of hydrogen-bond acceptors (Lipinski definition) is 2. The Morgan fingerprint density at radius 2 is 2.00 bits per heavy atom. The second-order valence-electron chi connectivity index (χ2n) is 6.24. The van der Waals surface area contributed by atoms with Crippen LogP contribution in [0.4, 0.5) is 8.78 Å². The van der Waals surface area contributed by atoms with Crippen LogP contribution in [0, 0.1) is 17.6 Å². The quantitative estimate of drug-likeness (QED) is 0.853. The monoisotopic (exact) mass is 330 g/mol. The van der Waals surface area contributed by atoms with E-state index in [1.165, 1.54) is 18.2 Å². The molecule has 1 aromatic carbocycles. The van der Waals surface area contributed by atoms with Crippen molar-refractivity contribution in [3.8, 4) is 0 Å². The van der Waals surface area contributed by atoms with Gasteiger partial charge in [0.05, 0.1) is 5.56 Å². The Labute approximate surface area is 140 Å². The number of aromatic nitrogens is 1. The van der Waals surface area contributed by atoms with Crippen LogP contribution in [0.2, 0.25) is 0 Å². The zero-order valence-corrected chi connectivity index (χ0v) is 13.4. The van der Waals surface area contributed by atoms with Crippen LogP contribution >= 0.6 is 0 Å². The molecule has 0 saturated carbocycles.